The van der Waals surface area contributed by atoms with Crippen LogP contribution in [0.5, 0.6) is 0 Å². The second-order valence-corrected chi connectivity index (χ2v) is 6.91. The summed E-state index contributed by atoms with van der Waals surface area (Å²) in [6, 6.07) is 8.43. The maximum atomic E-state index is 13.8. The summed E-state index contributed by atoms with van der Waals surface area (Å²) >= 11 is 0. The van der Waals surface area contributed by atoms with E-state index in [1.807, 2.05) is 18.2 Å². The minimum Gasteiger partial charge on any atom is -0.459 e. The van der Waals surface area contributed by atoms with Crippen LogP contribution in [-0.4, -0.2) is 35.2 Å². The monoisotopic (exact) mass is 419 g/mol. The smallest absolute Gasteiger partial charge is 0.331 e. The fourth-order valence-electron chi connectivity index (χ4n) is 3.07. The fourth-order valence-corrected chi connectivity index (χ4v) is 3.07. The molecule has 1 unspecified atom stereocenters. The lowest BCUT2D eigenvalue weighted by molar-refractivity contribution is -0.155. The van der Waals surface area contributed by atoms with Gasteiger partial charge < -0.3 is 10.5 Å². The van der Waals surface area contributed by atoms with Crippen molar-refractivity contribution in [2.75, 3.05) is 0 Å². The molecule has 1 heterocycles. The lowest BCUT2D eigenvalue weighted by Crippen LogP contribution is -2.42. The number of carbonyl (C=O) groups excluding carboxylic acids is 2. The summed E-state index contributed by atoms with van der Waals surface area (Å²) in [5, 5.41) is 4.91. The lowest BCUT2D eigenvalue weighted by atomic mass is 10.0. The molecule has 1 amide bonds. The van der Waals surface area contributed by atoms with Crippen LogP contribution in [0.4, 0.5) is 13.2 Å². The number of hydrazone groups is 1. The third-order valence-corrected chi connectivity index (χ3v) is 4.59. The summed E-state index contributed by atoms with van der Waals surface area (Å²) in [6.07, 6.45) is 1.17. The average Bonchev–Trinajstić information content (AvgIpc) is 3.21. The molecule has 0 bridgehead atoms. The quantitative estimate of drug-likeness (QED) is 0.552. The number of ether oxygens (including phenoxy) is 1. The first-order valence-electron chi connectivity index (χ1n) is 9.29. The first-order valence-corrected chi connectivity index (χ1v) is 9.29. The van der Waals surface area contributed by atoms with Gasteiger partial charge in [-0.2, -0.15) is 5.10 Å². The van der Waals surface area contributed by atoms with Crippen LogP contribution < -0.4 is 5.73 Å². The van der Waals surface area contributed by atoms with Crippen molar-refractivity contribution in [2.45, 2.75) is 38.0 Å². The van der Waals surface area contributed by atoms with E-state index < -0.39 is 41.4 Å². The Morgan fingerprint density at radius 3 is 2.57 bits per heavy atom. The summed E-state index contributed by atoms with van der Waals surface area (Å²) in [4.78, 5) is 24.9. The largest absolute Gasteiger partial charge is 0.459 e. The SMILES string of the molecule is N[C@@H](CC(=O)N1N=CCC1C(=O)OCc1ccccc1)Cc1cc(F)c(F)cc1F. The normalized spacial score (nSPS) is 16.5. The average molecular weight is 419 g/mol. The van der Waals surface area contributed by atoms with Gasteiger partial charge in [-0.15, -0.1) is 0 Å². The number of carbonyl (C=O) groups is 2. The minimum atomic E-state index is -1.30. The number of esters is 1. The Bertz CT molecular complexity index is 953. The van der Waals surface area contributed by atoms with Crippen LogP contribution in [0, 0.1) is 17.5 Å². The molecule has 0 spiro atoms. The van der Waals surface area contributed by atoms with Gasteiger partial charge in [0.25, 0.3) is 0 Å². The number of hydrogen-bond acceptors (Lipinski definition) is 5. The number of benzene rings is 2. The highest BCUT2D eigenvalue weighted by atomic mass is 19.2. The summed E-state index contributed by atoms with van der Waals surface area (Å²) in [7, 11) is 0. The van der Waals surface area contributed by atoms with Crippen LogP contribution in [0.3, 0.4) is 0 Å². The van der Waals surface area contributed by atoms with Gasteiger partial charge in [0.15, 0.2) is 17.7 Å². The van der Waals surface area contributed by atoms with E-state index in [1.54, 1.807) is 12.1 Å². The number of hydrogen-bond donors (Lipinski definition) is 1. The summed E-state index contributed by atoms with van der Waals surface area (Å²) in [6.45, 7) is 0.0626. The number of rotatable bonds is 7. The van der Waals surface area contributed by atoms with Crippen molar-refractivity contribution in [3.63, 3.8) is 0 Å². The van der Waals surface area contributed by atoms with E-state index in [-0.39, 0.29) is 31.4 Å². The molecule has 3 rings (SSSR count). The van der Waals surface area contributed by atoms with Gasteiger partial charge in [0.1, 0.15) is 12.4 Å². The Morgan fingerprint density at radius 1 is 1.13 bits per heavy atom. The Hall–Kier alpha value is -3.20. The fraction of sp³-hybridized carbons (Fsp3) is 0.286. The molecule has 2 aromatic rings. The van der Waals surface area contributed by atoms with Crippen LogP contribution in [0.2, 0.25) is 0 Å². The molecular weight excluding hydrogens is 399 g/mol. The van der Waals surface area contributed by atoms with Crippen LogP contribution >= 0.6 is 0 Å². The Kier molecular flexibility index (Phi) is 6.83. The van der Waals surface area contributed by atoms with Crippen molar-refractivity contribution in [1.82, 2.24) is 5.01 Å². The molecule has 1 aliphatic rings. The predicted octanol–water partition coefficient (Wildman–Crippen LogP) is 2.69. The van der Waals surface area contributed by atoms with Gasteiger partial charge in [0.2, 0.25) is 5.91 Å². The summed E-state index contributed by atoms with van der Waals surface area (Å²) in [5.74, 6) is -4.61. The van der Waals surface area contributed by atoms with Crippen molar-refractivity contribution in [2.24, 2.45) is 10.8 Å². The van der Waals surface area contributed by atoms with Crippen LogP contribution in [-0.2, 0) is 27.4 Å². The van der Waals surface area contributed by atoms with Crippen LogP contribution in [0.1, 0.15) is 24.0 Å². The van der Waals surface area contributed by atoms with Gasteiger partial charge in [-0.05, 0) is 23.6 Å². The van der Waals surface area contributed by atoms with E-state index in [2.05, 4.69) is 5.10 Å². The second kappa shape index (κ2) is 9.53. The zero-order valence-electron chi connectivity index (χ0n) is 15.9. The molecule has 6 nitrogen and oxygen atoms in total. The molecule has 0 saturated heterocycles. The minimum absolute atomic E-state index is 0.0626. The van der Waals surface area contributed by atoms with Crippen molar-refractivity contribution in [3.05, 3.63) is 71.0 Å². The molecule has 0 radical (unpaired) electrons. The molecule has 2 aromatic carbocycles. The van der Waals surface area contributed by atoms with Gasteiger partial charge in [-0.25, -0.2) is 23.0 Å². The van der Waals surface area contributed by atoms with Gasteiger partial charge >= 0.3 is 5.97 Å². The van der Waals surface area contributed by atoms with Gasteiger partial charge in [0.05, 0.1) is 0 Å². The lowest BCUT2D eigenvalue weighted by Gasteiger charge is -2.22. The molecule has 158 valence electrons. The Balaban J connectivity index is 1.56. The highest BCUT2D eigenvalue weighted by Gasteiger charge is 2.34. The molecule has 1 aliphatic heterocycles. The number of nitrogens with zero attached hydrogens (tertiary/aromatic N) is 2. The van der Waals surface area contributed by atoms with Gasteiger partial charge in [0, 0.05) is 31.2 Å². The molecule has 2 N–H and O–H groups in total. The van der Waals surface area contributed by atoms with Crippen molar-refractivity contribution in [1.29, 1.82) is 0 Å². The van der Waals surface area contributed by atoms with E-state index in [4.69, 9.17) is 10.5 Å². The highest BCUT2D eigenvalue weighted by molar-refractivity contribution is 5.89. The number of amides is 1. The molecule has 2 atom stereocenters. The first kappa shape index (κ1) is 21.5. The third-order valence-electron chi connectivity index (χ3n) is 4.59. The molecule has 9 heteroatoms. The van der Waals surface area contributed by atoms with E-state index in [1.165, 1.54) is 6.21 Å². The predicted molar refractivity (Wildman–Crippen MR) is 103 cm³/mol. The Morgan fingerprint density at radius 2 is 1.83 bits per heavy atom. The molecule has 30 heavy (non-hydrogen) atoms. The maximum Gasteiger partial charge on any atom is 0.331 e. The highest BCUT2D eigenvalue weighted by Crippen LogP contribution is 2.19. The van der Waals surface area contributed by atoms with E-state index in [9.17, 15) is 22.8 Å². The number of nitrogens with two attached hydrogens (primary N) is 1. The third kappa shape index (κ3) is 5.24. The summed E-state index contributed by atoms with van der Waals surface area (Å²) < 4.78 is 45.4. The molecule has 0 saturated carbocycles. The zero-order valence-corrected chi connectivity index (χ0v) is 15.9. The maximum absolute atomic E-state index is 13.8. The van der Waals surface area contributed by atoms with E-state index in [0.717, 1.165) is 10.6 Å². The standard InChI is InChI=1S/C21H20F3N3O3/c22-16-11-18(24)17(23)9-14(16)8-15(25)10-20(28)27-19(6-7-26-27)21(29)30-12-13-4-2-1-3-5-13/h1-5,7,9,11,15,19H,6,8,10,12,25H2/t15-,19?/m1/s1. The van der Waals surface area contributed by atoms with Gasteiger partial charge in [-0.1, -0.05) is 30.3 Å². The molecular formula is C21H20F3N3O3. The van der Waals surface area contributed by atoms with E-state index in [0.29, 0.717) is 12.1 Å². The topological polar surface area (TPSA) is 85.0 Å². The first-order chi connectivity index (χ1) is 14.3. The van der Waals surface area contributed by atoms with Crippen molar-refractivity contribution >= 4 is 18.1 Å². The summed E-state index contributed by atoms with van der Waals surface area (Å²) in [5.41, 5.74) is 6.55. The number of halogens is 3. The molecule has 0 fully saturated rings. The second-order valence-electron chi connectivity index (χ2n) is 6.91. The van der Waals surface area contributed by atoms with Crippen molar-refractivity contribution in [3.8, 4) is 0 Å². The molecule has 0 aliphatic carbocycles. The van der Waals surface area contributed by atoms with E-state index >= 15 is 0 Å². The Labute approximate surface area is 171 Å². The van der Waals surface area contributed by atoms with Gasteiger partial charge in [-0.3, -0.25) is 4.79 Å². The molecule has 0 aromatic heterocycles. The van der Waals surface area contributed by atoms with Crippen LogP contribution in [0.25, 0.3) is 0 Å². The zero-order chi connectivity index (χ0) is 21.7. The van der Waals surface area contributed by atoms with Crippen LogP contribution in [0.15, 0.2) is 47.6 Å². The van der Waals surface area contributed by atoms with Crippen molar-refractivity contribution < 1.29 is 27.5 Å².